The molecule has 0 fully saturated rings. The zero-order chi connectivity index (χ0) is 24.3. The molecule has 8 heteroatoms. The van der Waals surface area contributed by atoms with Gasteiger partial charge in [-0.1, -0.05) is 53.5 Å². The Kier molecular flexibility index (Phi) is 7.31. The van der Waals surface area contributed by atoms with Crippen LogP contribution in [0.3, 0.4) is 0 Å². The van der Waals surface area contributed by atoms with Gasteiger partial charge in [0, 0.05) is 38.3 Å². The maximum absolute atomic E-state index is 12.8. The third kappa shape index (κ3) is 6.00. The van der Waals surface area contributed by atoms with Crippen molar-refractivity contribution in [3.05, 3.63) is 83.1 Å². The zero-order valence-corrected chi connectivity index (χ0v) is 21.3. The van der Waals surface area contributed by atoms with Gasteiger partial charge in [0.15, 0.2) is 5.82 Å². The number of fused-ring (bicyclic) bond motifs is 1. The molecule has 5 nitrogen and oxygen atoms in total. The summed E-state index contributed by atoms with van der Waals surface area (Å²) in [6.45, 7) is 5.58. The summed E-state index contributed by atoms with van der Waals surface area (Å²) < 4.78 is 7.51. The molecule has 0 amide bonds. The molecule has 0 atom stereocenters. The van der Waals surface area contributed by atoms with Gasteiger partial charge < -0.3 is 9.04 Å². The van der Waals surface area contributed by atoms with E-state index in [1.807, 2.05) is 73.6 Å². The monoisotopic (exact) mass is 511 g/mol. The van der Waals surface area contributed by atoms with Crippen LogP contribution in [0, 0.1) is 0 Å². The fourth-order valence-corrected chi connectivity index (χ4v) is 5.21. The number of carbonyl (C=O) groups is 1. The Labute approximate surface area is 213 Å². The fourth-order valence-electron chi connectivity index (χ4n) is 3.51. The fraction of sp³-hybridized carbons (Fsp3) is 0.192. The van der Waals surface area contributed by atoms with Crippen molar-refractivity contribution in [3.63, 3.8) is 0 Å². The number of rotatable bonds is 6. The number of hydrogen-bond acceptors (Lipinski definition) is 6. The molecule has 0 spiro atoms. The van der Waals surface area contributed by atoms with Gasteiger partial charge in [-0.3, -0.25) is 4.79 Å². The maximum atomic E-state index is 12.8. The second kappa shape index (κ2) is 10.2. The van der Waals surface area contributed by atoms with Gasteiger partial charge in [0.1, 0.15) is 12.1 Å². The van der Waals surface area contributed by atoms with Crippen LogP contribution in [0.4, 0.5) is 5.69 Å². The third-order valence-corrected chi connectivity index (χ3v) is 6.15. The van der Waals surface area contributed by atoms with Gasteiger partial charge in [-0.05, 0) is 68.4 Å². The molecule has 4 aromatic rings. The second-order valence-electron chi connectivity index (χ2n) is 8.57. The molecule has 174 valence electrons. The highest BCUT2D eigenvalue weighted by Gasteiger charge is 2.22. The van der Waals surface area contributed by atoms with Crippen LogP contribution in [0.5, 0.6) is 0 Å². The van der Waals surface area contributed by atoms with Crippen molar-refractivity contribution in [1.29, 1.82) is 0 Å². The second-order valence-corrected chi connectivity index (χ2v) is 10.5. The lowest BCUT2D eigenvalue weighted by molar-refractivity contribution is -0.152. The highest BCUT2D eigenvalue weighted by Crippen LogP contribution is 2.38. The molecule has 4 rings (SSSR count). The minimum Gasteiger partial charge on any atom is -0.459 e. The number of halogens is 2. The normalized spacial score (nSPS) is 11.4. The number of ether oxygens (including phenoxy) is 1. The third-order valence-electron chi connectivity index (χ3n) is 4.72. The Bertz CT molecular complexity index is 1310. The minimum atomic E-state index is -0.594. The molecule has 34 heavy (non-hydrogen) atoms. The average molecular weight is 512 g/mol. The molecule has 1 heterocycles. The summed E-state index contributed by atoms with van der Waals surface area (Å²) in [7, 11) is 0. The van der Waals surface area contributed by atoms with Crippen molar-refractivity contribution in [2.75, 3.05) is 10.8 Å². The van der Waals surface area contributed by atoms with Crippen molar-refractivity contribution in [2.24, 2.45) is 0 Å². The maximum Gasteiger partial charge on any atom is 0.327 e. The number of benzene rings is 3. The van der Waals surface area contributed by atoms with Gasteiger partial charge in [-0.15, -0.1) is 0 Å². The van der Waals surface area contributed by atoms with Gasteiger partial charge in [0.2, 0.25) is 0 Å². The van der Waals surface area contributed by atoms with Gasteiger partial charge in [-0.2, -0.15) is 0 Å². The van der Waals surface area contributed by atoms with E-state index in [2.05, 4.69) is 9.97 Å². The predicted octanol–water partition coefficient (Wildman–Crippen LogP) is 7.46. The van der Waals surface area contributed by atoms with E-state index in [9.17, 15) is 4.79 Å². The molecule has 0 aliphatic carbocycles. The Morgan fingerprint density at radius 1 is 0.941 bits per heavy atom. The molecular formula is C26H23Cl2N3O2S. The molecule has 0 unspecified atom stereocenters. The Morgan fingerprint density at radius 2 is 1.59 bits per heavy atom. The summed E-state index contributed by atoms with van der Waals surface area (Å²) >= 11 is 13.8. The van der Waals surface area contributed by atoms with Crippen LogP contribution in [0.25, 0.3) is 22.2 Å². The number of hydrogen-bond donors (Lipinski definition) is 0. The number of anilines is 1. The quantitative estimate of drug-likeness (QED) is 0.197. The molecule has 0 aliphatic heterocycles. The molecule has 0 radical (unpaired) electrons. The first-order valence-electron chi connectivity index (χ1n) is 10.6. The van der Waals surface area contributed by atoms with E-state index >= 15 is 0 Å². The molecule has 1 aromatic heterocycles. The largest absolute Gasteiger partial charge is 0.459 e. The lowest BCUT2D eigenvalue weighted by Crippen LogP contribution is -2.31. The van der Waals surface area contributed by atoms with Crippen LogP contribution in [0.1, 0.15) is 20.8 Å². The summed E-state index contributed by atoms with van der Waals surface area (Å²) in [5, 5.41) is 2.98. The summed E-state index contributed by atoms with van der Waals surface area (Å²) in [5.41, 5.74) is 1.17. The van der Waals surface area contributed by atoms with Crippen LogP contribution < -0.4 is 4.31 Å². The van der Waals surface area contributed by atoms with Gasteiger partial charge in [0.05, 0.1) is 5.69 Å². The van der Waals surface area contributed by atoms with E-state index in [1.165, 1.54) is 11.9 Å². The Hall–Kier alpha value is -2.80. The molecule has 0 aliphatic rings. The van der Waals surface area contributed by atoms with Crippen LogP contribution in [-0.2, 0) is 9.53 Å². The Morgan fingerprint density at radius 3 is 2.26 bits per heavy atom. The molecule has 0 N–H and O–H groups in total. The van der Waals surface area contributed by atoms with Crippen LogP contribution in [-0.4, -0.2) is 28.1 Å². The van der Waals surface area contributed by atoms with Crippen molar-refractivity contribution < 1.29 is 9.53 Å². The lowest BCUT2D eigenvalue weighted by Gasteiger charge is -2.27. The highest BCUT2D eigenvalue weighted by molar-refractivity contribution is 8.00. The van der Waals surface area contributed by atoms with E-state index in [-0.39, 0.29) is 12.5 Å². The van der Waals surface area contributed by atoms with Crippen LogP contribution in [0.2, 0.25) is 10.0 Å². The van der Waals surface area contributed by atoms with Crippen LogP contribution >= 0.6 is 35.1 Å². The van der Waals surface area contributed by atoms with E-state index in [0.29, 0.717) is 15.9 Å². The molecule has 0 bridgehead atoms. The molecular weight excluding hydrogens is 489 g/mol. The van der Waals surface area contributed by atoms with Gasteiger partial charge in [-0.25, -0.2) is 9.97 Å². The van der Waals surface area contributed by atoms with Crippen molar-refractivity contribution in [2.45, 2.75) is 31.3 Å². The van der Waals surface area contributed by atoms with E-state index in [1.54, 1.807) is 24.5 Å². The van der Waals surface area contributed by atoms with Crippen molar-refractivity contribution in [1.82, 2.24) is 9.97 Å². The summed E-state index contributed by atoms with van der Waals surface area (Å²) in [5.74, 6) is 0.297. The van der Waals surface area contributed by atoms with Gasteiger partial charge in [0.25, 0.3) is 0 Å². The summed E-state index contributed by atoms with van der Waals surface area (Å²) in [6, 6.07) is 19.0. The molecule has 0 saturated heterocycles. The smallest absolute Gasteiger partial charge is 0.327 e. The van der Waals surface area contributed by atoms with E-state index < -0.39 is 5.60 Å². The van der Waals surface area contributed by atoms with E-state index in [4.69, 9.17) is 27.9 Å². The number of carbonyl (C=O) groups excluding carboxylic acids is 1. The lowest BCUT2D eigenvalue weighted by atomic mass is 10.0. The standard InChI is InChI=1S/C26H23Cl2N3O2S/c1-26(2,3)33-24(32)16-31(34-19-14-17(27)13-18(28)15-19)23-10-5-7-20-21(23)8-4-9-22(20)25-29-11-6-12-30-25/h4-15H,16H2,1-3H3. The SMILES string of the molecule is CC(C)(C)OC(=O)CN(Sc1cc(Cl)cc(Cl)c1)c1cccc2c(-c3ncccn3)cccc12. The van der Waals surface area contributed by atoms with Gasteiger partial charge >= 0.3 is 5.97 Å². The first kappa shape index (κ1) is 24.3. The first-order valence-corrected chi connectivity index (χ1v) is 12.2. The Balaban J connectivity index is 1.80. The highest BCUT2D eigenvalue weighted by atomic mass is 35.5. The number of nitrogens with zero attached hydrogens (tertiary/aromatic N) is 3. The molecule has 0 saturated carbocycles. The molecule has 3 aromatic carbocycles. The predicted molar refractivity (Wildman–Crippen MR) is 140 cm³/mol. The zero-order valence-electron chi connectivity index (χ0n) is 19.0. The minimum absolute atomic E-state index is 0.0250. The number of aromatic nitrogens is 2. The summed E-state index contributed by atoms with van der Waals surface area (Å²) in [4.78, 5) is 22.5. The van der Waals surface area contributed by atoms with Crippen molar-refractivity contribution >= 4 is 57.6 Å². The summed E-state index contributed by atoms with van der Waals surface area (Å²) in [6.07, 6.45) is 3.44. The average Bonchev–Trinajstić information content (AvgIpc) is 2.76. The van der Waals surface area contributed by atoms with Crippen LogP contribution in [0.15, 0.2) is 78.0 Å². The first-order chi connectivity index (χ1) is 16.2. The topological polar surface area (TPSA) is 55.3 Å². The van der Waals surface area contributed by atoms with E-state index in [0.717, 1.165) is 26.9 Å². The van der Waals surface area contributed by atoms with Crippen molar-refractivity contribution in [3.8, 4) is 11.4 Å². The number of esters is 1.